The molecule has 3 aromatic heterocycles. The predicted octanol–water partition coefficient (Wildman–Crippen LogP) is 8.93. The molecule has 0 radical (unpaired) electrons. The summed E-state index contributed by atoms with van der Waals surface area (Å²) in [6.07, 6.45) is 11.9. The molecule has 12 rings (SSSR count). The molecule has 1 aliphatic carbocycles. The number of piperidine rings is 3. The van der Waals surface area contributed by atoms with Crippen molar-refractivity contribution in [2.24, 2.45) is 12.5 Å². The van der Waals surface area contributed by atoms with Gasteiger partial charge < -0.3 is 29.5 Å². The third kappa shape index (κ3) is 9.98. The molecule has 3 amide bonds. The first-order valence-electron chi connectivity index (χ1n) is 29.0. The number of imide groups is 1. The van der Waals surface area contributed by atoms with Gasteiger partial charge in [0.1, 0.15) is 42.0 Å². The first-order chi connectivity index (χ1) is 38.4. The number of amides is 3. The minimum Gasteiger partial charge on any atom is -0.508 e. The minimum absolute atomic E-state index is 0.00627. The van der Waals surface area contributed by atoms with Gasteiger partial charge in [-0.1, -0.05) is 26.0 Å². The number of pyridine rings is 1. The van der Waals surface area contributed by atoms with Gasteiger partial charge in [0.25, 0.3) is 0 Å². The first kappa shape index (κ1) is 54.0. The second-order valence-corrected chi connectivity index (χ2v) is 24.7. The average Bonchev–Trinajstić information content (AvgIpc) is 4.10. The van der Waals surface area contributed by atoms with Crippen LogP contribution in [0.3, 0.4) is 0 Å². The van der Waals surface area contributed by atoms with Gasteiger partial charge in [-0.15, -0.1) is 0 Å². The van der Waals surface area contributed by atoms with Crippen LogP contribution in [0.4, 0.5) is 13.6 Å². The number of rotatable bonds is 12. The monoisotopic (exact) mass is 1100 g/mol. The van der Waals surface area contributed by atoms with E-state index >= 15 is 8.78 Å². The molecule has 17 nitrogen and oxygen atoms in total. The molecule has 3 aromatic carbocycles. The fraction of sp³-hybridized carbons (Fsp3) is 0.557. The Morgan fingerprint density at radius 3 is 2.44 bits per heavy atom. The molecule has 3 N–H and O–H groups in total. The Bertz CT molecular complexity index is 3490. The second kappa shape index (κ2) is 21.1. The molecule has 2 unspecified atom stereocenters. The number of aromatic nitrogens is 5. The van der Waals surface area contributed by atoms with Crippen LogP contribution in [-0.2, 0) is 27.8 Å². The highest BCUT2D eigenvalue weighted by atomic mass is 19.1. The molecule has 19 heteroatoms. The summed E-state index contributed by atoms with van der Waals surface area (Å²) >= 11 is 0. The molecule has 0 spiro atoms. The predicted molar refractivity (Wildman–Crippen MR) is 298 cm³/mol. The molecule has 5 saturated heterocycles. The SMILES string of the molecule is CCc1c(F)ccc2cc(O)cc(-c3ncc4c(C5CCC[C@@](C)(O)C5)nc(OC[C@@]56CCCN5[C@H](COC(=O)N5CCC(C)(CN7CCC(c8ccc9c(c8)n(C)c(=O)n9C8CCC(=O)NC8=O)CC7)CC5)CC6)nc4c3F)c12. The van der Waals surface area contributed by atoms with Crippen molar-refractivity contribution in [3.63, 3.8) is 0 Å². The van der Waals surface area contributed by atoms with Crippen LogP contribution in [0.5, 0.6) is 11.8 Å². The molecule has 424 valence electrons. The van der Waals surface area contributed by atoms with Crippen LogP contribution in [0.25, 0.3) is 44.0 Å². The van der Waals surface area contributed by atoms with Crippen molar-refractivity contribution in [1.82, 2.24) is 44.1 Å². The van der Waals surface area contributed by atoms with Crippen molar-refractivity contribution in [3.8, 4) is 23.0 Å². The lowest BCUT2D eigenvalue weighted by Crippen LogP contribution is -2.49. The zero-order valence-electron chi connectivity index (χ0n) is 46.4. The fourth-order valence-electron chi connectivity index (χ4n) is 14.8. The Balaban J connectivity index is 0.671. The van der Waals surface area contributed by atoms with E-state index in [1.54, 1.807) is 23.9 Å². The van der Waals surface area contributed by atoms with Crippen LogP contribution in [0, 0.1) is 17.0 Å². The highest BCUT2D eigenvalue weighted by Gasteiger charge is 2.50. The van der Waals surface area contributed by atoms with Crippen LogP contribution in [0.1, 0.15) is 145 Å². The number of phenolic OH excluding ortho intramolecular Hbond substituents is 1. The van der Waals surface area contributed by atoms with Gasteiger partial charge in [0.15, 0.2) is 5.82 Å². The number of nitrogens with one attached hydrogen (secondary N) is 1. The quantitative estimate of drug-likeness (QED) is 0.0984. The molecule has 0 bridgehead atoms. The van der Waals surface area contributed by atoms with Crippen LogP contribution in [-0.4, -0.2) is 137 Å². The summed E-state index contributed by atoms with van der Waals surface area (Å²) in [7, 11) is 1.73. The summed E-state index contributed by atoms with van der Waals surface area (Å²) < 4.78 is 48.4. The van der Waals surface area contributed by atoms with Crippen LogP contribution >= 0.6 is 0 Å². The van der Waals surface area contributed by atoms with E-state index in [1.165, 1.54) is 28.3 Å². The number of hydrogen-bond acceptors (Lipinski definition) is 13. The van der Waals surface area contributed by atoms with Crippen molar-refractivity contribution in [1.29, 1.82) is 0 Å². The maximum atomic E-state index is 17.3. The Morgan fingerprint density at radius 2 is 1.68 bits per heavy atom. The van der Waals surface area contributed by atoms with Gasteiger partial charge in [-0.3, -0.25) is 33.9 Å². The Labute approximate surface area is 463 Å². The molecule has 8 heterocycles. The van der Waals surface area contributed by atoms with E-state index in [2.05, 4.69) is 39.2 Å². The summed E-state index contributed by atoms with van der Waals surface area (Å²) in [5.74, 6) is -1.88. The van der Waals surface area contributed by atoms with Gasteiger partial charge in [0.05, 0.1) is 27.9 Å². The first-order valence-corrected chi connectivity index (χ1v) is 29.0. The molecular weight excluding hydrogens is 1020 g/mol. The van der Waals surface area contributed by atoms with Crippen molar-refractivity contribution in [3.05, 3.63) is 87.6 Å². The van der Waals surface area contributed by atoms with Gasteiger partial charge in [0.2, 0.25) is 11.8 Å². The highest BCUT2D eigenvalue weighted by molar-refractivity contribution is 6.01. The third-order valence-corrected chi connectivity index (χ3v) is 19.2. The number of likely N-dealkylation sites (tertiary alicyclic amines) is 2. The fourth-order valence-corrected chi connectivity index (χ4v) is 14.8. The zero-order valence-corrected chi connectivity index (χ0v) is 46.4. The number of imidazole rings is 1. The molecule has 6 aliphatic rings. The Morgan fingerprint density at radius 1 is 0.875 bits per heavy atom. The van der Waals surface area contributed by atoms with Crippen molar-refractivity contribution in [2.45, 2.75) is 152 Å². The number of nitrogens with zero attached hydrogens (tertiary/aromatic N) is 8. The van der Waals surface area contributed by atoms with Crippen molar-refractivity contribution < 1.29 is 42.9 Å². The van der Waals surface area contributed by atoms with E-state index in [0.29, 0.717) is 77.6 Å². The minimum atomic E-state index is -0.931. The van der Waals surface area contributed by atoms with Crippen LogP contribution < -0.4 is 15.7 Å². The number of halogens is 2. The summed E-state index contributed by atoms with van der Waals surface area (Å²) in [5.41, 5.74) is 2.32. The second-order valence-electron chi connectivity index (χ2n) is 24.7. The van der Waals surface area contributed by atoms with Crippen LogP contribution in [0.15, 0.2) is 53.5 Å². The highest BCUT2D eigenvalue weighted by Crippen LogP contribution is 2.46. The smallest absolute Gasteiger partial charge is 0.409 e. The number of hydrogen-bond donors (Lipinski definition) is 3. The van der Waals surface area contributed by atoms with Crippen molar-refractivity contribution in [2.75, 3.05) is 52.5 Å². The van der Waals surface area contributed by atoms with Crippen LogP contribution in [0.2, 0.25) is 0 Å². The molecule has 5 atom stereocenters. The van der Waals surface area contributed by atoms with E-state index in [4.69, 9.17) is 19.4 Å². The Hall–Kier alpha value is -6.57. The van der Waals surface area contributed by atoms with Crippen molar-refractivity contribution >= 4 is 50.6 Å². The normalized spacial score (nSPS) is 25.9. The number of aryl methyl sites for hydroxylation is 2. The molecule has 80 heavy (non-hydrogen) atoms. The number of ether oxygens (including phenoxy) is 2. The summed E-state index contributed by atoms with van der Waals surface area (Å²) in [4.78, 5) is 72.7. The molecular formula is C61H73F2N9O8. The van der Waals surface area contributed by atoms with Gasteiger partial charge in [-0.25, -0.2) is 18.4 Å². The number of carbonyl (C=O) groups excluding carboxylic acids is 3. The lowest BCUT2D eigenvalue weighted by atomic mass is 9.77. The molecule has 6 fully saturated rings. The van der Waals surface area contributed by atoms with E-state index in [-0.39, 0.29) is 88.8 Å². The number of phenols is 1. The van der Waals surface area contributed by atoms with Gasteiger partial charge in [-0.05, 0) is 180 Å². The summed E-state index contributed by atoms with van der Waals surface area (Å²) in [6.45, 7) is 11.4. The molecule has 6 aromatic rings. The van der Waals surface area contributed by atoms with Gasteiger partial charge >= 0.3 is 17.8 Å². The molecule has 5 aliphatic heterocycles. The number of carbonyl (C=O) groups is 3. The number of benzene rings is 3. The number of fused-ring (bicyclic) bond motifs is 4. The maximum Gasteiger partial charge on any atom is 0.409 e. The van der Waals surface area contributed by atoms with E-state index in [1.807, 2.05) is 24.8 Å². The Kier molecular flexibility index (Phi) is 14.2. The summed E-state index contributed by atoms with van der Waals surface area (Å²) in [6, 6.07) is 11.3. The molecule has 1 saturated carbocycles. The lowest BCUT2D eigenvalue weighted by Gasteiger charge is -2.43. The number of aliphatic hydroxyl groups is 1. The van der Waals surface area contributed by atoms with Gasteiger partial charge in [0, 0.05) is 62.2 Å². The third-order valence-electron chi connectivity index (χ3n) is 19.2. The topological polar surface area (TPSA) is 197 Å². The average molecular weight is 1100 g/mol. The summed E-state index contributed by atoms with van der Waals surface area (Å²) in [5, 5.41) is 25.8. The zero-order chi connectivity index (χ0) is 55.8. The van der Waals surface area contributed by atoms with E-state index < -0.39 is 29.2 Å². The van der Waals surface area contributed by atoms with Gasteiger partial charge in [-0.2, -0.15) is 9.97 Å². The van der Waals surface area contributed by atoms with E-state index in [9.17, 15) is 29.4 Å². The standard InChI is InChI=1S/C61H73F2N9O8/c1-5-42-45(62)11-9-38-28-41(73)30-43(50(38)42)53-51(63)54-44(32-64-53)52(39-8-6-18-60(3,78)31-39)66-56(67-54)80-35-61-19-7-23-71(61)40(15-20-61)33-79-58(77)70-26-21-59(2,22-27-70)34-69-24-16-36(17-25-69)37-10-12-46-48(29-37)68(4)57(76)72(46)47-13-14-49(74)65-55(47)75/h9-12,28-30,32,36,39-40,47,73,78H,5-8,13-27,31,33-35H2,1-4H3,(H,65,74,75)/t39?,40-,47?,60+,61-/m0/s1. The lowest BCUT2D eigenvalue weighted by molar-refractivity contribution is -0.135. The number of aromatic hydroxyl groups is 1. The van der Waals surface area contributed by atoms with E-state index in [0.717, 1.165) is 95.9 Å². The largest absolute Gasteiger partial charge is 0.508 e. The maximum absolute atomic E-state index is 17.3.